The minimum absolute atomic E-state index is 0.0188. The van der Waals surface area contributed by atoms with Crippen LogP contribution in [0.25, 0.3) is 5.65 Å². The number of hydrogen-bond donors (Lipinski definition) is 3. The predicted molar refractivity (Wildman–Crippen MR) is 91.3 cm³/mol. The van der Waals surface area contributed by atoms with Crippen LogP contribution in [0.1, 0.15) is 24.4 Å². The topological polar surface area (TPSA) is 100 Å². The first-order valence-electron chi connectivity index (χ1n) is 7.92. The number of rotatable bonds is 4. The van der Waals surface area contributed by atoms with Crippen LogP contribution in [-0.2, 0) is 11.2 Å². The molecule has 0 saturated heterocycles. The third-order valence-electron chi connectivity index (χ3n) is 3.67. The Morgan fingerprint density at radius 3 is 2.65 bits per heavy atom. The van der Waals surface area contributed by atoms with Crippen LogP contribution in [-0.4, -0.2) is 26.5 Å². The quantitative estimate of drug-likeness (QED) is 0.617. The van der Waals surface area contributed by atoms with Crippen LogP contribution in [0.4, 0.5) is 9.18 Å². The van der Waals surface area contributed by atoms with Crippen LogP contribution < -0.4 is 16.2 Å². The molecule has 0 aliphatic carbocycles. The maximum absolute atomic E-state index is 12.8. The summed E-state index contributed by atoms with van der Waals surface area (Å²) in [4.78, 5) is 23.8. The fraction of sp³-hybridized carbons (Fsp3) is 0.176. The minimum Gasteiger partial charge on any atom is -0.327 e. The third kappa shape index (κ3) is 4.12. The molecule has 26 heavy (non-hydrogen) atoms. The van der Waals surface area contributed by atoms with E-state index < -0.39 is 18.0 Å². The number of pyridine rings is 1. The average Bonchev–Trinajstić information content (AvgIpc) is 3.06. The molecular weight excluding hydrogens is 339 g/mol. The summed E-state index contributed by atoms with van der Waals surface area (Å²) in [5, 5.41) is 10.7. The van der Waals surface area contributed by atoms with Gasteiger partial charge in [-0.2, -0.15) is 0 Å². The van der Waals surface area contributed by atoms with E-state index in [1.54, 1.807) is 23.6 Å². The molecule has 3 amide bonds. The van der Waals surface area contributed by atoms with Crippen LogP contribution in [0, 0.1) is 5.82 Å². The highest BCUT2D eigenvalue weighted by molar-refractivity contribution is 5.82. The second kappa shape index (κ2) is 7.60. The number of hydrazine groups is 1. The second-order valence-corrected chi connectivity index (χ2v) is 5.66. The van der Waals surface area contributed by atoms with Crippen LogP contribution >= 0.6 is 0 Å². The van der Waals surface area contributed by atoms with E-state index in [9.17, 15) is 14.0 Å². The van der Waals surface area contributed by atoms with Gasteiger partial charge in [0.15, 0.2) is 11.5 Å². The fourth-order valence-corrected chi connectivity index (χ4v) is 2.41. The third-order valence-corrected chi connectivity index (χ3v) is 3.67. The van der Waals surface area contributed by atoms with Crippen molar-refractivity contribution < 1.29 is 14.0 Å². The van der Waals surface area contributed by atoms with Gasteiger partial charge in [0.2, 0.25) is 5.91 Å². The molecule has 1 atom stereocenters. The smallest absolute Gasteiger partial charge is 0.327 e. The van der Waals surface area contributed by atoms with E-state index in [0.29, 0.717) is 17.0 Å². The molecule has 9 heteroatoms. The first-order valence-corrected chi connectivity index (χ1v) is 7.92. The van der Waals surface area contributed by atoms with Gasteiger partial charge >= 0.3 is 6.03 Å². The summed E-state index contributed by atoms with van der Waals surface area (Å²) in [6.07, 6.45) is 1.82. The zero-order chi connectivity index (χ0) is 18.5. The molecule has 3 N–H and O–H groups in total. The molecule has 0 aliphatic heterocycles. The maximum Gasteiger partial charge on any atom is 0.334 e. The molecule has 2 aromatic heterocycles. The molecule has 0 aliphatic rings. The Balaban J connectivity index is 1.50. The van der Waals surface area contributed by atoms with Gasteiger partial charge in [0.25, 0.3) is 0 Å². The molecule has 0 bridgehead atoms. The standard InChI is InChI=1S/C17H17FN6O2/c1-11(16-22-20-14-4-2-3-9-24(14)16)19-17(26)23-21-15(25)10-12-5-7-13(18)8-6-12/h2-9,11H,10H2,1H3,(H,21,25)(H2,19,23,26). The van der Waals surface area contributed by atoms with Crippen LogP contribution in [0.5, 0.6) is 0 Å². The summed E-state index contributed by atoms with van der Waals surface area (Å²) in [5.74, 6) is -0.234. The van der Waals surface area contributed by atoms with Crippen molar-refractivity contribution in [1.82, 2.24) is 30.8 Å². The summed E-state index contributed by atoms with van der Waals surface area (Å²) >= 11 is 0. The Morgan fingerprint density at radius 1 is 1.12 bits per heavy atom. The number of halogens is 1. The van der Waals surface area contributed by atoms with Gasteiger partial charge in [-0.05, 0) is 36.8 Å². The second-order valence-electron chi connectivity index (χ2n) is 5.66. The Kier molecular flexibility index (Phi) is 5.07. The summed E-state index contributed by atoms with van der Waals surface area (Å²) in [6.45, 7) is 1.75. The molecule has 2 heterocycles. The first kappa shape index (κ1) is 17.3. The van der Waals surface area contributed by atoms with Gasteiger partial charge in [0, 0.05) is 6.20 Å². The summed E-state index contributed by atoms with van der Waals surface area (Å²) in [6, 6.07) is 10.0. The number of nitrogens with zero attached hydrogens (tertiary/aromatic N) is 3. The lowest BCUT2D eigenvalue weighted by Crippen LogP contribution is -2.48. The highest BCUT2D eigenvalue weighted by atomic mass is 19.1. The van der Waals surface area contributed by atoms with E-state index in [-0.39, 0.29) is 12.2 Å². The molecule has 0 spiro atoms. The van der Waals surface area contributed by atoms with Crippen LogP contribution in [0.3, 0.4) is 0 Å². The fourth-order valence-electron chi connectivity index (χ4n) is 2.41. The van der Waals surface area contributed by atoms with E-state index in [1.165, 1.54) is 24.3 Å². The van der Waals surface area contributed by atoms with Crippen molar-refractivity contribution in [2.75, 3.05) is 0 Å². The van der Waals surface area contributed by atoms with Gasteiger partial charge in [-0.1, -0.05) is 18.2 Å². The maximum atomic E-state index is 12.8. The van der Waals surface area contributed by atoms with E-state index in [4.69, 9.17) is 0 Å². The Labute approximate surface area is 148 Å². The number of carbonyl (C=O) groups is 2. The number of fused-ring (bicyclic) bond motifs is 1. The van der Waals surface area contributed by atoms with Crippen molar-refractivity contribution in [3.8, 4) is 0 Å². The lowest BCUT2D eigenvalue weighted by Gasteiger charge is -2.13. The number of aromatic nitrogens is 3. The molecule has 3 aromatic rings. The SMILES string of the molecule is CC(NC(=O)NNC(=O)Cc1ccc(F)cc1)c1nnc2ccccn12. The molecule has 0 radical (unpaired) electrons. The molecule has 1 unspecified atom stereocenters. The van der Waals surface area contributed by atoms with Crippen molar-refractivity contribution in [1.29, 1.82) is 0 Å². The van der Waals surface area contributed by atoms with Crippen LogP contribution in [0.15, 0.2) is 48.7 Å². The molecule has 3 rings (SSSR count). The lowest BCUT2D eigenvalue weighted by atomic mass is 10.1. The number of urea groups is 1. The number of carbonyl (C=O) groups excluding carboxylic acids is 2. The zero-order valence-corrected chi connectivity index (χ0v) is 13.9. The Bertz CT molecular complexity index is 924. The van der Waals surface area contributed by atoms with Crippen molar-refractivity contribution in [2.45, 2.75) is 19.4 Å². The highest BCUT2D eigenvalue weighted by Gasteiger charge is 2.15. The molecule has 8 nitrogen and oxygen atoms in total. The summed E-state index contributed by atoms with van der Waals surface area (Å²) in [7, 11) is 0. The zero-order valence-electron chi connectivity index (χ0n) is 13.9. The van der Waals surface area contributed by atoms with Gasteiger partial charge < -0.3 is 5.32 Å². The van der Waals surface area contributed by atoms with Gasteiger partial charge in [-0.3, -0.25) is 14.6 Å². The number of hydrogen-bond acceptors (Lipinski definition) is 4. The van der Waals surface area contributed by atoms with Gasteiger partial charge in [-0.15, -0.1) is 10.2 Å². The number of amides is 3. The predicted octanol–water partition coefficient (Wildman–Crippen LogP) is 1.50. The number of nitrogens with one attached hydrogen (secondary N) is 3. The normalized spacial score (nSPS) is 11.8. The summed E-state index contributed by atoms with van der Waals surface area (Å²) in [5.41, 5.74) is 5.87. The largest absolute Gasteiger partial charge is 0.334 e. The van der Waals surface area contributed by atoms with E-state index in [0.717, 1.165) is 0 Å². The van der Waals surface area contributed by atoms with Crippen molar-refractivity contribution in [3.63, 3.8) is 0 Å². The molecule has 1 aromatic carbocycles. The molecule has 134 valence electrons. The van der Waals surface area contributed by atoms with Gasteiger partial charge in [0.1, 0.15) is 5.82 Å². The average molecular weight is 356 g/mol. The molecular formula is C17H17FN6O2. The lowest BCUT2D eigenvalue weighted by molar-refractivity contribution is -0.121. The first-order chi connectivity index (χ1) is 12.5. The molecule has 0 saturated carbocycles. The Morgan fingerprint density at radius 2 is 1.88 bits per heavy atom. The van der Waals surface area contributed by atoms with E-state index >= 15 is 0 Å². The highest BCUT2D eigenvalue weighted by Crippen LogP contribution is 2.11. The Hall–Kier alpha value is -3.49. The van der Waals surface area contributed by atoms with Crippen LogP contribution in [0.2, 0.25) is 0 Å². The minimum atomic E-state index is -0.586. The van der Waals surface area contributed by atoms with Gasteiger partial charge in [-0.25, -0.2) is 14.6 Å². The van der Waals surface area contributed by atoms with E-state index in [1.807, 2.05) is 12.1 Å². The van der Waals surface area contributed by atoms with Gasteiger partial charge in [0.05, 0.1) is 12.5 Å². The summed E-state index contributed by atoms with van der Waals surface area (Å²) < 4.78 is 14.6. The monoisotopic (exact) mass is 356 g/mol. The van der Waals surface area contributed by atoms with Crippen molar-refractivity contribution in [2.24, 2.45) is 0 Å². The van der Waals surface area contributed by atoms with E-state index in [2.05, 4.69) is 26.4 Å². The molecule has 0 fully saturated rings. The number of benzene rings is 1. The van der Waals surface area contributed by atoms with Crippen molar-refractivity contribution >= 4 is 17.6 Å². The van der Waals surface area contributed by atoms with Crippen molar-refractivity contribution in [3.05, 3.63) is 65.9 Å².